The van der Waals surface area contributed by atoms with Crippen LogP contribution in [0, 0.1) is 0 Å². The summed E-state index contributed by atoms with van der Waals surface area (Å²) < 4.78 is 5.20. The molecule has 0 saturated carbocycles. The Morgan fingerprint density at radius 3 is 2.62 bits per heavy atom. The van der Waals surface area contributed by atoms with Crippen molar-refractivity contribution in [1.29, 1.82) is 0 Å². The molecule has 1 amide bonds. The van der Waals surface area contributed by atoms with Crippen LogP contribution in [0.1, 0.15) is 12.3 Å². The van der Waals surface area contributed by atoms with E-state index in [1.54, 1.807) is 18.3 Å². The number of hydrogen-bond acceptors (Lipinski definition) is 6. The normalized spacial score (nSPS) is 10.6. The second kappa shape index (κ2) is 7.97. The van der Waals surface area contributed by atoms with Gasteiger partial charge in [-0.2, -0.15) is 4.98 Å². The Bertz CT molecular complexity index is 875. The molecule has 0 aliphatic carbocycles. The van der Waals surface area contributed by atoms with Crippen molar-refractivity contribution in [2.75, 3.05) is 24.3 Å². The Morgan fingerprint density at radius 2 is 1.96 bits per heavy atom. The zero-order valence-electron chi connectivity index (χ0n) is 14.4. The maximum Gasteiger partial charge on any atom is 0.227 e. The molecule has 0 radical (unpaired) electrons. The minimum atomic E-state index is -0.143. The molecular formula is C18H18ClN5O2. The lowest BCUT2D eigenvalue weighted by atomic mass is 10.2. The first-order chi connectivity index (χ1) is 12.5. The number of pyridine rings is 1. The van der Waals surface area contributed by atoms with Gasteiger partial charge in [0.1, 0.15) is 5.82 Å². The lowest BCUT2D eigenvalue weighted by molar-refractivity contribution is -0.116. The van der Waals surface area contributed by atoms with E-state index in [9.17, 15) is 4.79 Å². The number of rotatable bonds is 6. The van der Waals surface area contributed by atoms with Crippen molar-refractivity contribution in [2.45, 2.75) is 12.8 Å². The molecule has 0 aliphatic heterocycles. The van der Waals surface area contributed by atoms with Crippen molar-refractivity contribution in [3.05, 3.63) is 53.5 Å². The summed E-state index contributed by atoms with van der Waals surface area (Å²) >= 11 is 5.86. The van der Waals surface area contributed by atoms with Crippen molar-refractivity contribution in [1.82, 2.24) is 15.1 Å². The monoisotopic (exact) mass is 371 g/mol. The molecule has 0 aliphatic rings. The highest BCUT2D eigenvalue weighted by molar-refractivity contribution is 6.30. The number of anilines is 2. The van der Waals surface area contributed by atoms with Crippen molar-refractivity contribution in [2.24, 2.45) is 0 Å². The molecule has 26 heavy (non-hydrogen) atoms. The number of benzene rings is 1. The minimum Gasteiger partial charge on any atom is -0.363 e. The Labute approximate surface area is 156 Å². The van der Waals surface area contributed by atoms with E-state index in [1.807, 2.05) is 43.3 Å². The molecule has 0 atom stereocenters. The summed E-state index contributed by atoms with van der Waals surface area (Å²) in [6.45, 7) is 0. The van der Waals surface area contributed by atoms with Gasteiger partial charge < -0.3 is 14.7 Å². The molecule has 0 unspecified atom stereocenters. The van der Waals surface area contributed by atoms with Crippen LogP contribution in [0.3, 0.4) is 0 Å². The second-order valence-corrected chi connectivity index (χ2v) is 6.30. The third-order valence-corrected chi connectivity index (χ3v) is 3.88. The first-order valence-corrected chi connectivity index (χ1v) is 8.41. The van der Waals surface area contributed by atoms with Gasteiger partial charge in [-0.05, 0) is 36.4 Å². The van der Waals surface area contributed by atoms with Gasteiger partial charge in [-0.25, -0.2) is 4.98 Å². The number of amides is 1. The van der Waals surface area contributed by atoms with Crippen LogP contribution in [0.15, 0.2) is 47.1 Å². The van der Waals surface area contributed by atoms with Crippen LogP contribution in [-0.4, -0.2) is 35.1 Å². The Balaban J connectivity index is 1.54. The molecule has 3 aromatic rings. The number of aromatic nitrogens is 3. The Morgan fingerprint density at radius 1 is 1.19 bits per heavy atom. The quantitative estimate of drug-likeness (QED) is 0.714. The standard InChI is InChI=1S/C18H18ClN5O2/c1-24(2)15-8-7-14(11-20-15)21-16(25)9-10-17-22-18(23-26-17)12-3-5-13(19)6-4-12/h3-8,11H,9-10H2,1-2H3,(H,21,25). The highest BCUT2D eigenvalue weighted by Crippen LogP contribution is 2.19. The van der Waals surface area contributed by atoms with Gasteiger partial charge in [0.25, 0.3) is 0 Å². The molecule has 8 heteroatoms. The Hall–Kier alpha value is -2.93. The van der Waals surface area contributed by atoms with Crippen molar-refractivity contribution in [3.63, 3.8) is 0 Å². The predicted octanol–water partition coefficient (Wildman–Crippen LogP) is 3.42. The summed E-state index contributed by atoms with van der Waals surface area (Å²) in [5.74, 6) is 1.56. The second-order valence-electron chi connectivity index (χ2n) is 5.87. The highest BCUT2D eigenvalue weighted by atomic mass is 35.5. The number of carbonyl (C=O) groups excluding carboxylic acids is 1. The minimum absolute atomic E-state index is 0.143. The van der Waals surface area contributed by atoms with E-state index in [0.29, 0.717) is 28.8 Å². The van der Waals surface area contributed by atoms with Crippen LogP contribution in [0.2, 0.25) is 5.02 Å². The van der Waals surface area contributed by atoms with Gasteiger partial charge in [-0.3, -0.25) is 4.79 Å². The van der Waals surface area contributed by atoms with E-state index in [1.165, 1.54) is 0 Å². The highest BCUT2D eigenvalue weighted by Gasteiger charge is 2.11. The van der Waals surface area contributed by atoms with E-state index < -0.39 is 0 Å². The van der Waals surface area contributed by atoms with Crippen molar-refractivity contribution >= 4 is 29.0 Å². The van der Waals surface area contributed by atoms with E-state index >= 15 is 0 Å². The summed E-state index contributed by atoms with van der Waals surface area (Å²) in [5.41, 5.74) is 1.45. The SMILES string of the molecule is CN(C)c1ccc(NC(=O)CCc2nc(-c3ccc(Cl)cc3)no2)cn1. The van der Waals surface area contributed by atoms with Gasteiger partial charge in [0, 0.05) is 37.5 Å². The van der Waals surface area contributed by atoms with Crippen LogP contribution < -0.4 is 10.2 Å². The summed E-state index contributed by atoms with van der Waals surface area (Å²) in [4.78, 5) is 22.5. The van der Waals surface area contributed by atoms with Gasteiger partial charge in [-0.1, -0.05) is 16.8 Å². The number of carbonyl (C=O) groups is 1. The molecule has 1 N–H and O–H groups in total. The fourth-order valence-electron chi connectivity index (χ4n) is 2.24. The van der Waals surface area contributed by atoms with Gasteiger partial charge in [0.05, 0.1) is 11.9 Å². The topological polar surface area (TPSA) is 84.2 Å². The van der Waals surface area contributed by atoms with Gasteiger partial charge >= 0.3 is 0 Å². The van der Waals surface area contributed by atoms with E-state index in [0.717, 1.165) is 11.4 Å². The zero-order chi connectivity index (χ0) is 18.5. The van der Waals surface area contributed by atoms with E-state index in [-0.39, 0.29) is 12.3 Å². The molecule has 134 valence electrons. The fourth-order valence-corrected chi connectivity index (χ4v) is 2.37. The molecular weight excluding hydrogens is 354 g/mol. The van der Waals surface area contributed by atoms with Gasteiger partial charge in [0.15, 0.2) is 0 Å². The first kappa shape index (κ1) is 17.9. The lowest BCUT2D eigenvalue weighted by Crippen LogP contribution is -2.14. The molecule has 3 rings (SSSR count). The average molecular weight is 372 g/mol. The maximum absolute atomic E-state index is 12.1. The number of hydrogen-bond donors (Lipinski definition) is 1. The number of halogens is 1. The molecule has 0 fully saturated rings. The average Bonchev–Trinajstić information content (AvgIpc) is 3.10. The summed E-state index contributed by atoms with van der Waals surface area (Å²) in [6.07, 6.45) is 2.21. The summed E-state index contributed by atoms with van der Waals surface area (Å²) in [7, 11) is 3.81. The van der Waals surface area contributed by atoms with Crippen LogP contribution in [0.4, 0.5) is 11.5 Å². The van der Waals surface area contributed by atoms with Crippen LogP contribution in [-0.2, 0) is 11.2 Å². The van der Waals surface area contributed by atoms with Crippen molar-refractivity contribution in [3.8, 4) is 11.4 Å². The molecule has 0 saturated heterocycles. The van der Waals surface area contributed by atoms with E-state index in [2.05, 4.69) is 20.4 Å². The maximum atomic E-state index is 12.1. The molecule has 1 aromatic carbocycles. The molecule has 7 nitrogen and oxygen atoms in total. The smallest absolute Gasteiger partial charge is 0.227 e. The molecule has 2 aromatic heterocycles. The summed E-state index contributed by atoms with van der Waals surface area (Å²) in [6, 6.07) is 10.8. The molecule has 0 spiro atoms. The number of nitrogens with one attached hydrogen (secondary N) is 1. The predicted molar refractivity (Wildman–Crippen MR) is 100 cm³/mol. The molecule has 2 heterocycles. The first-order valence-electron chi connectivity index (χ1n) is 8.03. The fraction of sp³-hybridized carbons (Fsp3) is 0.222. The lowest BCUT2D eigenvalue weighted by Gasteiger charge is -2.11. The zero-order valence-corrected chi connectivity index (χ0v) is 15.2. The third-order valence-electron chi connectivity index (χ3n) is 3.63. The van der Waals surface area contributed by atoms with Crippen LogP contribution in [0.25, 0.3) is 11.4 Å². The van der Waals surface area contributed by atoms with E-state index in [4.69, 9.17) is 16.1 Å². The number of aryl methyl sites for hydroxylation is 1. The number of nitrogens with zero attached hydrogens (tertiary/aromatic N) is 4. The van der Waals surface area contributed by atoms with Gasteiger partial charge in [0.2, 0.25) is 17.6 Å². The van der Waals surface area contributed by atoms with Crippen LogP contribution >= 0.6 is 11.6 Å². The Kier molecular flexibility index (Phi) is 5.48. The van der Waals surface area contributed by atoms with Crippen LogP contribution in [0.5, 0.6) is 0 Å². The van der Waals surface area contributed by atoms with Gasteiger partial charge in [-0.15, -0.1) is 0 Å². The third kappa shape index (κ3) is 4.58. The van der Waals surface area contributed by atoms with Crippen molar-refractivity contribution < 1.29 is 9.32 Å². The summed E-state index contributed by atoms with van der Waals surface area (Å²) in [5, 5.41) is 7.37. The molecule has 0 bridgehead atoms. The largest absolute Gasteiger partial charge is 0.363 e.